The summed E-state index contributed by atoms with van der Waals surface area (Å²) in [6, 6.07) is 0. The highest BCUT2D eigenvalue weighted by molar-refractivity contribution is 6.74. The standard InChI is InChI=1S/C17H36F2O4Si2/c1-15(2,3)24(7,8)21-11-12-13(17(18,19)14(20)22-12)23-25(9,10)16(4,5)6/h12-14,20H,11H2,1-10H3/t12-,13-,14?/m0/s1. The van der Waals surface area contributed by atoms with Gasteiger partial charge in [-0.05, 0) is 36.3 Å². The molecule has 1 saturated heterocycles. The van der Waals surface area contributed by atoms with Gasteiger partial charge in [0.1, 0.15) is 12.2 Å². The monoisotopic (exact) mass is 398 g/mol. The van der Waals surface area contributed by atoms with E-state index in [1.165, 1.54) is 0 Å². The van der Waals surface area contributed by atoms with E-state index in [0.29, 0.717) is 0 Å². The maximum Gasteiger partial charge on any atom is 0.324 e. The van der Waals surface area contributed by atoms with Crippen LogP contribution in [0.2, 0.25) is 36.3 Å². The van der Waals surface area contributed by atoms with Crippen LogP contribution in [0.15, 0.2) is 0 Å². The van der Waals surface area contributed by atoms with Crippen LogP contribution in [-0.4, -0.2) is 52.8 Å². The minimum absolute atomic E-state index is 0.00241. The van der Waals surface area contributed by atoms with Crippen molar-refractivity contribution >= 4 is 16.6 Å². The summed E-state index contributed by atoms with van der Waals surface area (Å²) in [5, 5.41) is 9.45. The van der Waals surface area contributed by atoms with Gasteiger partial charge in [0, 0.05) is 0 Å². The zero-order valence-corrected chi connectivity index (χ0v) is 19.4. The van der Waals surface area contributed by atoms with Crippen LogP contribution in [-0.2, 0) is 13.6 Å². The van der Waals surface area contributed by atoms with Gasteiger partial charge in [0.25, 0.3) is 0 Å². The Morgan fingerprint density at radius 1 is 0.960 bits per heavy atom. The van der Waals surface area contributed by atoms with Crippen molar-refractivity contribution in [2.24, 2.45) is 0 Å². The summed E-state index contributed by atoms with van der Waals surface area (Å²) >= 11 is 0. The molecule has 8 heteroatoms. The van der Waals surface area contributed by atoms with Crippen molar-refractivity contribution in [3.8, 4) is 0 Å². The van der Waals surface area contributed by atoms with Gasteiger partial charge in [-0.3, -0.25) is 0 Å². The minimum atomic E-state index is -3.45. The second kappa shape index (κ2) is 6.94. The van der Waals surface area contributed by atoms with Crippen molar-refractivity contribution in [1.82, 2.24) is 0 Å². The van der Waals surface area contributed by atoms with Crippen molar-refractivity contribution in [2.45, 2.75) is 102 Å². The molecule has 3 atom stereocenters. The van der Waals surface area contributed by atoms with Gasteiger partial charge in [-0.1, -0.05) is 41.5 Å². The first-order chi connectivity index (χ1) is 10.8. The Morgan fingerprint density at radius 2 is 1.40 bits per heavy atom. The van der Waals surface area contributed by atoms with E-state index in [-0.39, 0.29) is 16.7 Å². The molecule has 0 radical (unpaired) electrons. The van der Waals surface area contributed by atoms with E-state index in [9.17, 15) is 13.9 Å². The van der Waals surface area contributed by atoms with Crippen molar-refractivity contribution < 1.29 is 27.5 Å². The van der Waals surface area contributed by atoms with Crippen LogP contribution >= 0.6 is 0 Å². The molecule has 0 aliphatic carbocycles. The molecule has 1 N–H and O–H groups in total. The lowest BCUT2D eigenvalue weighted by molar-refractivity contribution is -0.197. The molecule has 1 unspecified atom stereocenters. The first-order valence-corrected chi connectivity index (χ1v) is 14.7. The Bertz CT molecular complexity index is 470. The number of aliphatic hydroxyl groups is 1. The highest BCUT2D eigenvalue weighted by Crippen LogP contribution is 2.44. The molecule has 0 spiro atoms. The Balaban J connectivity index is 2.98. The predicted octanol–water partition coefficient (Wildman–Crippen LogP) is 4.75. The molecule has 0 aromatic carbocycles. The normalized spacial score (nSPS) is 28.4. The van der Waals surface area contributed by atoms with Gasteiger partial charge < -0.3 is 18.7 Å². The molecule has 4 nitrogen and oxygen atoms in total. The number of ether oxygens (including phenoxy) is 1. The summed E-state index contributed by atoms with van der Waals surface area (Å²) in [6.07, 6.45) is -4.63. The maximum atomic E-state index is 14.5. The van der Waals surface area contributed by atoms with Crippen molar-refractivity contribution in [3.63, 3.8) is 0 Å². The Morgan fingerprint density at radius 3 is 1.80 bits per heavy atom. The highest BCUT2D eigenvalue weighted by Gasteiger charge is 2.61. The fourth-order valence-electron chi connectivity index (χ4n) is 2.00. The number of halogens is 2. The molecule has 25 heavy (non-hydrogen) atoms. The van der Waals surface area contributed by atoms with Gasteiger partial charge in [0.05, 0.1) is 6.61 Å². The first kappa shape index (κ1) is 23.2. The molecular weight excluding hydrogens is 362 g/mol. The lowest BCUT2D eigenvalue weighted by Gasteiger charge is -2.41. The van der Waals surface area contributed by atoms with E-state index in [4.69, 9.17) is 13.6 Å². The molecule has 1 heterocycles. The number of alkyl halides is 2. The van der Waals surface area contributed by atoms with Gasteiger partial charge >= 0.3 is 5.92 Å². The Kier molecular flexibility index (Phi) is 6.43. The topological polar surface area (TPSA) is 47.9 Å². The van der Waals surface area contributed by atoms with E-state index in [2.05, 4.69) is 33.9 Å². The average Bonchev–Trinajstić information content (AvgIpc) is 2.57. The van der Waals surface area contributed by atoms with Crippen LogP contribution < -0.4 is 0 Å². The largest absolute Gasteiger partial charge is 0.414 e. The molecule has 150 valence electrons. The van der Waals surface area contributed by atoms with E-state index < -0.39 is 41.1 Å². The molecule has 1 aliphatic heterocycles. The third-order valence-corrected chi connectivity index (χ3v) is 14.9. The van der Waals surface area contributed by atoms with E-state index >= 15 is 0 Å². The molecule has 1 fully saturated rings. The van der Waals surface area contributed by atoms with Crippen LogP contribution in [0.25, 0.3) is 0 Å². The van der Waals surface area contributed by atoms with Gasteiger partial charge in [-0.15, -0.1) is 0 Å². The van der Waals surface area contributed by atoms with E-state index in [0.717, 1.165) is 0 Å². The SMILES string of the molecule is CC(C)(C)[Si](C)(C)OC[C@@H]1OC(O)C(F)(F)[C@H]1O[Si](C)(C)C(C)(C)C. The molecule has 0 saturated carbocycles. The molecule has 0 amide bonds. The van der Waals surface area contributed by atoms with Crippen LogP contribution in [0.3, 0.4) is 0 Å². The number of hydrogen-bond acceptors (Lipinski definition) is 4. The molecule has 1 rings (SSSR count). The van der Waals surface area contributed by atoms with Gasteiger partial charge in [-0.25, -0.2) is 0 Å². The molecule has 0 aromatic heterocycles. The maximum absolute atomic E-state index is 14.5. The summed E-state index contributed by atoms with van der Waals surface area (Å²) in [6.45, 7) is 20.2. The zero-order chi connectivity index (χ0) is 20.1. The molecule has 1 aliphatic rings. The summed E-state index contributed by atoms with van der Waals surface area (Å²) in [7, 11) is -4.57. The van der Waals surface area contributed by atoms with Gasteiger partial charge in [0.2, 0.25) is 6.29 Å². The number of aliphatic hydroxyl groups excluding tert-OH is 1. The fraction of sp³-hybridized carbons (Fsp3) is 1.00. The predicted molar refractivity (Wildman–Crippen MR) is 101 cm³/mol. The van der Waals surface area contributed by atoms with Crippen molar-refractivity contribution in [3.05, 3.63) is 0 Å². The average molecular weight is 399 g/mol. The summed E-state index contributed by atoms with van der Waals surface area (Å²) in [4.78, 5) is 0. The summed E-state index contributed by atoms with van der Waals surface area (Å²) < 4.78 is 46.2. The highest BCUT2D eigenvalue weighted by atomic mass is 28.4. The third-order valence-electron chi connectivity index (χ3n) is 5.99. The quantitative estimate of drug-likeness (QED) is 0.679. The molecule has 0 aromatic rings. The van der Waals surface area contributed by atoms with Crippen LogP contribution in [0.1, 0.15) is 41.5 Å². The first-order valence-electron chi connectivity index (χ1n) is 8.86. The lowest BCUT2D eigenvalue weighted by Crippen LogP contribution is -2.53. The summed E-state index contributed by atoms with van der Waals surface area (Å²) in [5.74, 6) is -3.45. The van der Waals surface area contributed by atoms with Crippen LogP contribution in [0, 0.1) is 0 Å². The van der Waals surface area contributed by atoms with E-state index in [1.807, 2.05) is 33.9 Å². The summed E-state index contributed by atoms with van der Waals surface area (Å²) in [5.41, 5.74) is 0. The number of rotatable bonds is 5. The second-order valence-corrected chi connectivity index (χ2v) is 19.6. The van der Waals surface area contributed by atoms with Gasteiger partial charge in [0.15, 0.2) is 16.6 Å². The molecular formula is C17H36F2O4Si2. The van der Waals surface area contributed by atoms with Crippen molar-refractivity contribution in [1.29, 1.82) is 0 Å². The van der Waals surface area contributed by atoms with Crippen LogP contribution in [0.4, 0.5) is 8.78 Å². The minimum Gasteiger partial charge on any atom is -0.414 e. The Hall–Kier alpha value is 0.134. The fourth-order valence-corrected chi connectivity index (χ4v) is 4.31. The zero-order valence-electron chi connectivity index (χ0n) is 17.4. The number of hydrogen-bond donors (Lipinski definition) is 1. The van der Waals surface area contributed by atoms with E-state index in [1.54, 1.807) is 0 Å². The van der Waals surface area contributed by atoms with Crippen molar-refractivity contribution in [2.75, 3.05) is 6.61 Å². The Labute approximate surface area is 153 Å². The van der Waals surface area contributed by atoms with Gasteiger partial charge in [-0.2, -0.15) is 8.78 Å². The third kappa shape index (κ3) is 4.90. The second-order valence-electron chi connectivity index (χ2n) is 10.1. The molecule has 0 bridgehead atoms. The smallest absolute Gasteiger partial charge is 0.324 e. The lowest BCUT2D eigenvalue weighted by atomic mass is 10.1. The van der Waals surface area contributed by atoms with Crippen LogP contribution in [0.5, 0.6) is 0 Å².